The fourth-order valence-corrected chi connectivity index (χ4v) is 1.05. The van der Waals surface area contributed by atoms with E-state index < -0.39 is 0 Å². The molecule has 1 heterocycles. The first-order chi connectivity index (χ1) is 4.66. The van der Waals surface area contributed by atoms with Crippen LogP contribution >= 0.6 is 0 Å². The zero-order valence-electron chi connectivity index (χ0n) is 6.68. The van der Waals surface area contributed by atoms with Gasteiger partial charge < -0.3 is 4.48 Å². The molecule has 0 amide bonds. The molecule has 0 aromatic carbocycles. The molecule has 52 valence electrons. The van der Waals surface area contributed by atoms with Crippen molar-refractivity contribution in [2.45, 2.75) is 27.2 Å². The third-order valence-corrected chi connectivity index (χ3v) is 1.76. The molecule has 0 bridgehead atoms. The second-order valence-corrected chi connectivity index (χ2v) is 2.41. The molecular weight excluding hydrogens is 123 g/mol. The highest BCUT2D eigenvalue weighted by molar-refractivity contribution is 6.07. The maximum atomic E-state index is 5.63. The zero-order chi connectivity index (χ0) is 7.72. The summed E-state index contributed by atoms with van der Waals surface area (Å²) in [5.74, 6) is 0.884. The highest BCUT2D eigenvalue weighted by Crippen LogP contribution is 2.07. The van der Waals surface area contributed by atoms with E-state index in [4.69, 9.17) is 7.98 Å². The van der Waals surface area contributed by atoms with Crippen LogP contribution in [0.1, 0.15) is 24.1 Å². The Morgan fingerprint density at radius 3 is 2.30 bits per heavy atom. The fraction of sp³-hybridized carbons (Fsp3) is 0.571. The summed E-state index contributed by atoms with van der Waals surface area (Å²) in [6.45, 7) is 5.97. The minimum Gasteiger partial charge on any atom is -0.389 e. The Balaban J connectivity index is 3.17. The third-order valence-electron chi connectivity index (χ3n) is 1.76. The Morgan fingerprint density at radius 1 is 1.50 bits per heavy atom. The van der Waals surface area contributed by atoms with Crippen molar-refractivity contribution in [3.8, 4) is 0 Å². The number of aromatic nitrogens is 2. The Labute approximate surface area is 62.7 Å². The molecule has 10 heavy (non-hydrogen) atoms. The molecular formula is C7H11BN2. The summed E-state index contributed by atoms with van der Waals surface area (Å²) in [5, 5.41) is 0. The molecule has 2 radical (unpaired) electrons. The molecule has 1 aromatic rings. The van der Waals surface area contributed by atoms with Crippen LogP contribution in [0.2, 0.25) is 0 Å². The van der Waals surface area contributed by atoms with Gasteiger partial charge in [0, 0.05) is 5.69 Å². The first-order valence-corrected chi connectivity index (χ1v) is 3.46. The van der Waals surface area contributed by atoms with E-state index in [2.05, 4.69) is 11.9 Å². The second kappa shape index (κ2) is 2.49. The van der Waals surface area contributed by atoms with Gasteiger partial charge in [-0.25, -0.2) is 4.98 Å². The van der Waals surface area contributed by atoms with Gasteiger partial charge in [0.15, 0.2) is 0 Å². The molecule has 0 aliphatic rings. The highest BCUT2D eigenvalue weighted by Gasteiger charge is 2.03. The van der Waals surface area contributed by atoms with Crippen molar-refractivity contribution in [3.63, 3.8) is 0 Å². The van der Waals surface area contributed by atoms with Gasteiger partial charge in [-0.1, -0.05) is 6.92 Å². The predicted octanol–water partition coefficient (Wildman–Crippen LogP) is 0.994. The average molecular weight is 134 g/mol. The maximum Gasteiger partial charge on any atom is 0.236 e. The highest BCUT2D eigenvalue weighted by atomic mass is 15.0. The summed E-state index contributed by atoms with van der Waals surface area (Å²) in [6.07, 6.45) is 0.955. The summed E-state index contributed by atoms with van der Waals surface area (Å²) in [6, 6.07) is 0. The van der Waals surface area contributed by atoms with Crippen LogP contribution in [0.5, 0.6) is 0 Å². The van der Waals surface area contributed by atoms with E-state index in [1.807, 2.05) is 13.8 Å². The Morgan fingerprint density at radius 2 is 2.10 bits per heavy atom. The van der Waals surface area contributed by atoms with Gasteiger partial charge in [0.2, 0.25) is 7.98 Å². The van der Waals surface area contributed by atoms with Gasteiger partial charge in [-0.15, -0.1) is 0 Å². The first-order valence-electron chi connectivity index (χ1n) is 3.46. The SMILES string of the molecule is [B]n1c(C)nc(CC)c1C. The lowest BCUT2D eigenvalue weighted by Crippen LogP contribution is -1.96. The number of rotatable bonds is 1. The zero-order valence-corrected chi connectivity index (χ0v) is 6.68. The maximum absolute atomic E-state index is 5.63. The summed E-state index contributed by atoms with van der Waals surface area (Å²) >= 11 is 0. The average Bonchev–Trinajstić information content (AvgIpc) is 2.17. The van der Waals surface area contributed by atoms with E-state index in [1.54, 1.807) is 4.48 Å². The van der Waals surface area contributed by atoms with Gasteiger partial charge in [0.25, 0.3) is 0 Å². The lowest BCUT2D eigenvalue weighted by Gasteiger charge is -1.96. The number of imidazole rings is 1. The van der Waals surface area contributed by atoms with Gasteiger partial charge in [0.05, 0.1) is 11.5 Å². The van der Waals surface area contributed by atoms with Gasteiger partial charge in [-0.2, -0.15) is 0 Å². The van der Waals surface area contributed by atoms with Gasteiger partial charge >= 0.3 is 0 Å². The summed E-state index contributed by atoms with van der Waals surface area (Å²) in [4.78, 5) is 4.27. The standard InChI is InChI=1S/C7H11BN2/c1-4-7-5(2)10(8)6(3)9-7/h4H2,1-3H3. The topological polar surface area (TPSA) is 17.8 Å². The van der Waals surface area contributed by atoms with Crippen molar-refractivity contribution >= 4 is 7.98 Å². The van der Waals surface area contributed by atoms with E-state index in [1.165, 1.54) is 0 Å². The molecule has 0 aliphatic heterocycles. The van der Waals surface area contributed by atoms with Gasteiger partial charge in [0.1, 0.15) is 0 Å². The van der Waals surface area contributed by atoms with Gasteiger partial charge in [-0.3, -0.25) is 0 Å². The van der Waals surface area contributed by atoms with Crippen LogP contribution in [0.3, 0.4) is 0 Å². The quantitative estimate of drug-likeness (QED) is 0.523. The van der Waals surface area contributed by atoms with E-state index in [0.717, 1.165) is 23.6 Å². The van der Waals surface area contributed by atoms with Crippen LogP contribution in [0.4, 0.5) is 0 Å². The third kappa shape index (κ3) is 0.960. The Bertz CT molecular complexity index is 240. The molecule has 0 spiro atoms. The summed E-state index contributed by atoms with van der Waals surface area (Å²) < 4.78 is 1.62. The van der Waals surface area contributed by atoms with Crippen molar-refractivity contribution < 1.29 is 0 Å². The van der Waals surface area contributed by atoms with Crippen LogP contribution in [0.15, 0.2) is 0 Å². The summed E-state index contributed by atoms with van der Waals surface area (Å²) in [7, 11) is 5.63. The van der Waals surface area contributed by atoms with Gasteiger partial charge in [-0.05, 0) is 20.3 Å². The van der Waals surface area contributed by atoms with Crippen LogP contribution in [0, 0.1) is 13.8 Å². The van der Waals surface area contributed by atoms with Crippen molar-refractivity contribution in [1.82, 2.24) is 9.46 Å². The van der Waals surface area contributed by atoms with Crippen LogP contribution < -0.4 is 0 Å². The molecule has 2 nitrogen and oxygen atoms in total. The molecule has 0 fully saturated rings. The number of hydrogen-bond donors (Lipinski definition) is 0. The molecule has 1 rings (SSSR count). The number of aryl methyl sites for hydroxylation is 2. The Hall–Kier alpha value is -0.725. The minimum absolute atomic E-state index is 0.884. The molecule has 1 aromatic heterocycles. The van der Waals surface area contributed by atoms with Crippen molar-refractivity contribution in [2.24, 2.45) is 0 Å². The number of hydrogen-bond acceptors (Lipinski definition) is 1. The first kappa shape index (κ1) is 7.38. The Kier molecular flexibility index (Phi) is 1.83. The molecule has 0 unspecified atom stereocenters. The van der Waals surface area contributed by atoms with E-state index >= 15 is 0 Å². The monoisotopic (exact) mass is 134 g/mol. The van der Waals surface area contributed by atoms with Crippen LogP contribution in [0.25, 0.3) is 0 Å². The summed E-state index contributed by atoms with van der Waals surface area (Å²) in [5.41, 5.74) is 2.17. The second-order valence-electron chi connectivity index (χ2n) is 2.41. The van der Waals surface area contributed by atoms with Crippen LogP contribution in [-0.4, -0.2) is 17.4 Å². The lowest BCUT2D eigenvalue weighted by atomic mass is 10.2. The number of nitrogens with zero attached hydrogens (tertiary/aromatic N) is 2. The molecule has 0 atom stereocenters. The smallest absolute Gasteiger partial charge is 0.236 e. The van der Waals surface area contributed by atoms with E-state index in [-0.39, 0.29) is 0 Å². The predicted molar refractivity (Wildman–Crippen MR) is 42.2 cm³/mol. The van der Waals surface area contributed by atoms with E-state index in [0.29, 0.717) is 0 Å². The molecule has 0 saturated heterocycles. The lowest BCUT2D eigenvalue weighted by molar-refractivity contribution is 1.03. The van der Waals surface area contributed by atoms with Crippen LogP contribution in [-0.2, 0) is 6.42 Å². The molecule has 3 heteroatoms. The molecule has 0 saturated carbocycles. The molecule has 0 N–H and O–H groups in total. The molecule has 0 aliphatic carbocycles. The van der Waals surface area contributed by atoms with Crippen molar-refractivity contribution in [3.05, 3.63) is 17.2 Å². The largest absolute Gasteiger partial charge is 0.389 e. The fourth-order valence-electron chi connectivity index (χ4n) is 1.05. The minimum atomic E-state index is 0.884. The van der Waals surface area contributed by atoms with Crippen molar-refractivity contribution in [2.75, 3.05) is 0 Å². The van der Waals surface area contributed by atoms with Crippen molar-refractivity contribution in [1.29, 1.82) is 0 Å². The normalized spacial score (nSPS) is 10.3. The van der Waals surface area contributed by atoms with E-state index in [9.17, 15) is 0 Å².